The van der Waals surface area contributed by atoms with E-state index in [4.69, 9.17) is 17.3 Å². The summed E-state index contributed by atoms with van der Waals surface area (Å²) in [5.41, 5.74) is 3.91. The predicted molar refractivity (Wildman–Crippen MR) is 76.1 cm³/mol. The Labute approximate surface area is 136 Å². The third-order valence-electron chi connectivity index (χ3n) is 2.58. The summed E-state index contributed by atoms with van der Waals surface area (Å²) in [6, 6.07) is -0.213. The molecule has 0 aliphatic carbocycles. The van der Waals surface area contributed by atoms with E-state index in [9.17, 15) is 22.8 Å². The highest BCUT2D eigenvalue weighted by Gasteiger charge is 2.32. The largest absolute Gasteiger partial charge is 0.417 e. The number of urea groups is 1. The van der Waals surface area contributed by atoms with Gasteiger partial charge in [-0.25, -0.2) is 4.79 Å². The molecular weight excluding hydrogens is 359 g/mol. The minimum absolute atomic E-state index is 0.0729. The SMILES string of the molecule is NC(=O)NC(=O)CCSc1nnc2c(Cl)cc(C(F)(F)F)cn12. The summed E-state index contributed by atoms with van der Waals surface area (Å²) in [6.45, 7) is 0. The quantitative estimate of drug-likeness (QED) is 0.805. The number of hydrogen-bond acceptors (Lipinski definition) is 5. The number of primary amides is 1. The second kappa shape index (κ2) is 6.62. The van der Waals surface area contributed by atoms with Crippen LogP contribution in [-0.4, -0.2) is 32.3 Å². The zero-order chi connectivity index (χ0) is 17.2. The first-order chi connectivity index (χ1) is 10.7. The number of alkyl halides is 3. The fourth-order valence-electron chi connectivity index (χ4n) is 1.62. The van der Waals surface area contributed by atoms with E-state index in [0.29, 0.717) is 0 Å². The van der Waals surface area contributed by atoms with Gasteiger partial charge in [0.25, 0.3) is 0 Å². The molecule has 124 valence electrons. The number of halogens is 4. The van der Waals surface area contributed by atoms with Crippen LogP contribution in [0.5, 0.6) is 0 Å². The first-order valence-corrected chi connectivity index (χ1v) is 7.38. The highest BCUT2D eigenvalue weighted by atomic mass is 35.5. The Morgan fingerprint density at radius 1 is 1.39 bits per heavy atom. The zero-order valence-electron chi connectivity index (χ0n) is 11.2. The van der Waals surface area contributed by atoms with Crippen LogP contribution in [0, 0.1) is 0 Å². The van der Waals surface area contributed by atoms with Gasteiger partial charge in [-0.05, 0) is 6.07 Å². The number of rotatable bonds is 4. The molecule has 0 spiro atoms. The van der Waals surface area contributed by atoms with Gasteiger partial charge in [0.15, 0.2) is 10.8 Å². The lowest BCUT2D eigenvalue weighted by molar-refractivity contribution is -0.137. The molecule has 0 aromatic carbocycles. The van der Waals surface area contributed by atoms with Crippen molar-refractivity contribution in [3.05, 3.63) is 22.8 Å². The van der Waals surface area contributed by atoms with Crippen molar-refractivity contribution < 1.29 is 22.8 Å². The van der Waals surface area contributed by atoms with Crippen LogP contribution in [0.3, 0.4) is 0 Å². The van der Waals surface area contributed by atoms with Crippen molar-refractivity contribution >= 4 is 40.9 Å². The van der Waals surface area contributed by atoms with Crippen molar-refractivity contribution in [3.8, 4) is 0 Å². The minimum atomic E-state index is -4.56. The van der Waals surface area contributed by atoms with Gasteiger partial charge >= 0.3 is 12.2 Å². The van der Waals surface area contributed by atoms with E-state index in [0.717, 1.165) is 28.4 Å². The summed E-state index contributed by atoms with van der Waals surface area (Å²) in [4.78, 5) is 21.7. The lowest BCUT2D eigenvalue weighted by atomic mass is 10.3. The second-order valence-electron chi connectivity index (χ2n) is 4.26. The summed E-state index contributed by atoms with van der Waals surface area (Å²) in [6.07, 6.45) is -3.81. The maximum Gasteiger partial charge on any atom is 0.417 e. The molecule has 3 amide bonds. The van der Waals surface area contributed by atoms with Gasteiger partial charge in [-0.15, -0.1) is 10.2 Å². The summed E-state index contributed by atoms with van der Waals surface area (Å²) < 4.78 is 39.5. The van der Waals surface area contributed by atoms with E-state index in [2.05, 4.69) is 10.2 Å². The van der Waals surface area contributed by atoms with Crippen LogP contribution in [0.4, 0.5) is 18.0 Å². The van der Waals surface area contributed by atoms with Crippen LogP contribution >= 0.6 is 23.4 Å². The van der Waals surface area contributed by atoms with E-state index in [1.54, 1.807) is 0 Å². The number of thioether (sulfide) groups is 1. The molecule has 2 aromatic heterocycles. The second-order valence-corrected chi connectivity index (χ2v) is 5.73. The maximum atomic E-state index is 12.8. The van der Waals surface area contributed by atoms with Gasteiger partial charge in [-0.3, -0.25) is 14.5 Å². The highest BCUT2D eigenvalue weighted by Crippen LogP contribution is 2.33. The van der Waals surface area contributed by atoms with E-state index in [-0.39, 0.29) is 28.0 Å². The number of pyridine rings is 1. The monoisotopic (exact) mass is 367 g/mol. The molecule has 3 N–H and O–H groups in total. The maximum absolute atomic E-state index is 12.8. The zero-order valence-corrected chi connectivity index (χ0v) is 12.8. The molecular formula is C11H9ClF3N5O2S. The Balaban J connectivity index is 2.17. The standard InChI is InChI=1S/C11H9ClF3N5O2S/c12-6-3-5(11(13,14)15)4-20-8(6)18-19-10(20)23-2-1-7(21)17-9(16)22/h3-4H,1-2H2,(H3,16,17,21,22). The topological polar surface area (TPSA) is 102 Å². The van der Waals surface area contributed by atoms with Crippen LogP contribution in [0.25, 0.3) is 5.65 Å². The number of nitrogens with two attached hydrogens (primary N) is 1. The normalized spacial score (nSPS) is 11.7. The number of nitrogens with zero attached hydrogens (tertiary/aromatic N) is 3. The number of carbonyl (C=O) groups is 2. The van der Waals surface area contributed by atoms with Crippen LogP contribution in [0.2, 0.25) is 5.02 Å². The van der Waals surface area contributed by atoms with E-state index in [1.165, 1.54) is 0 Å². The predicted octanol–water partition coefficient (Wildman–Crippen LogP) is 2.08. The van der Waals surface area contributed by atoms with Crippen LogP contribution < -0.4 is 11.1 Å². The Morgan fingerprint density at radius 3 is 2.70 bits per heavy atom. The van der Waals surface area contributed by atoms with Crippen LogP contribution in [0.15, 0.2) is 17.4 Å². The first-order valence-electron chi connectivity index (χ1n) is 6.02. The molecule has 0 bridgehead atoms. The van der Waals surface area contributed by atoms with Crippen molar-refractivity contribution in [2.45, 2.75) is 17.8 Å². The Morgan fingerprint density at radius 2 is 2.09 bits per heavy atom. The van der Waals surface area contributed by atoms with Gasteiger partial charge in [-0.2, -0.15) is 13.2 Å². The molecule has 0 atom stereocenters. The fourth-order valence-corrected chi connectivity index (χ4v) is 2.72. The molecule has 0 aliphatic heterocycles. The molecule has 7 nitrogen and oxygen atoms in total. The molecule has 2 heterocycles. The van der Waals surface area contributed by atoms with Crippen molar-refractivity contribution in [2.75, 3.05) is 5.75 Å². The van der Waals surface area contributed by atoms with Gasteiger partial charge in [0.1, 0.15) is 0 Å². The Kier molecular flexibility index (Phi) is 5.00. The number of imide groups is 1. The van der Waals surface area contributed by atoms with Gasteiger partial charge in [0, 0.05) is 18.4 Å². The molecule has 0 fully saturated rings. The average molecular weight is 368 g/mol. The summed E-state index contributed by atoms with van der Waals surface area (Å²) in [5.74, 6) is -0.443. The van der Waals surface area contributed by atoms with Gasteiger partial charge < -0.3 is 5.73 Å². The third kappa shape index (κ3) is 4.26. The van der Waals surface area contributed by atoms with Crippen molar-refractivity contribution in [1.29, 1.82) is 0 Å². The molecule has 23 heavy (non-hydrogen) atoms. The van der Waals surface area contributed by atoms with Crippen molar-refractivity contribution in [1.82, 2.24) is 19.9 Å². The number of carbonyl (C=O) groups excluding carboxylic acids is 2. The molecule has 2 rings (SSSR count). The Bertz CT molecular complexity index is 764. The molecule has 0 unspecified atom stereocenters. The highest BCUT2D eigenvalue weighted by molar-refractivity contribution is 7.99. The van der Waals surface area contributed by atoms with E-state index in [1.807, 2.05) is 5.32 Å². The van der Waals surface area contributed by atoms with Gasteiger partial charge in [0.05, 0.1) is 10.6 Å². The third-order valence-corrected chi connectivity index (χ3v) is 3.80. The van der Waals surface area contributed by atoms with Gasteiger partial charge in [-0.1, -0.05) is 23.4 Å². The molecule has 0 saturated heterocycles. The van der Waals surface area contributed by atoms with Crippen molar-refractivity contribution in [3.63, 3.8) is 0 Å². The van der Waals surface area contributed by atoms with E-state index >= 15 is 0 Å². The molecule has 2 aromatic rings. The number of fused-ring (bicyclic) bond motifs is 1. The van der Waals surface area contributed by atoms with Crippen LogP contribution in [0.1, 0.15) is 12.0 Å². The summed E-state index contributed by atoms with van der Waals surface area (Å²) in [5, 5.41) is 9.27. The number of aromatic nitrogens is 3. The first kappa shape index (κ1) is 17.3. The Hall–Kier alpha value is -2.01. The lowest BCUT2D eigenvalue weighted by Gasteiger charge is -2.08. The number of amides is 3. The average Bonchev–Trinajstić information content (AvgIpc) is 2.81. The summed E-state index contributed by atoms with van der Waals surface area (Å²) in [7, 11) is 0. The van der Waals surface area contributed by atoms with Gasteiger partial charge in [0.2, 0.25) is 5.91 Å². The molecule has 0 aliphatic rings. The number of nitrogens with one attached hydrogen (secondary N) is 1. The lowest BCUT2D eigenvalue weighted by Crippen LogP contribution is -2.35. The van der Waals surface area contributed by atoms with Crippen LogP contribution in [-0.2, 0) is 11.0 Å². The summed E-state index contributed by atoms with van der Waals surface area (Å²) >= 11 is 6.77. The molecule has 0 saturated carbocycles. The molecule has 0 radical (unpaired) electrons. The molecule has 12 heteroatoms. The van der Waals surface area contributed by atoms with Crippen molar-refractivity contribution in [2.24, 2.45) is 5.73 Å². The number of hydrogen-bond donors (Lipinski definition) is 2. The van der Waals surface area contributed by atoms with E-state index < -0.39 is 23.7 Å². The minimum Gasteiger partial charge on any atom is -0.351 e. The smallest absolute Gasteiger partial charge is 0.351 e. The fraction of sp³-hybridized carbons (Fsp3) is 0.273.